The standard InChI is InChI=1S/C13H20ClFN2O2/c1-9(2)7-5-3-4-6-8-17-12(18)10(15)11(14)16-13(17)19/h9H,3-8H2,1-2H3,(H,16,19). The number of unbranched alkanes of at least 4 members (excludes halogenated alkanes) is 3. The summed E-state index contributed by atoms with van der Waals surface area (Å²) in [6, 6.07) is 0. The van der Waals surface area contributed by atoms with Crippen LogP contribution in [0.2, 0.25) is 5.15 Å². The molecule has 0 aromatic carbocycles. The van der Waals surface area contributed by atoms with Crippen LogP contribution in [0.4, 0.5) is 4.39 Å². The van der Waals surface area contributed by atoms with E-state index in [-0.39, 0.29) is 6.54 Å². The summed E-state index contributed by atoms with van der Waals surface area (Å²) >= 11 is 5.38. The van der Waals surface area contributed by atoms with Crippen molar-refractivity contribution in [2.75, 3.05) is 0 Å². The van der Waals surface area contributed by atoms with Gasteiger partial charge < -0.3 is 0 Å². The molecule has 0 radical (unpaired) electrons. The predicted octanol–water partition coefficient (Wildman–Crippen LogP) is 2.94. The molecule has 0 saturated heterocycles. The largest absolute Gasteiger partial charge is 0.329 e. The van der Waals surface area contributed by atoms with Gasteiger partial charge in [-0.15, -0.1) is 0 Å². The fourth-order valence-electron chi connectivity index (χ4n) is 1.90. The molecule has 108 valence electrons. The van der Waals surface area contributed by atoms with E-state index in [1.807, 2.05) is 0 Å². The molecule has 1 heterocycles. The van der Waals surface area contributed by atoms with Crippen molar-refractivity contribution in [1.29, 1.82) is 0 Å². The molecule has 0 spiro atoms. The van der Waals surface area contributed by atoms with Gasteiger partial charge in [0, 0.05) is 6.54 Å². The molecule has 0 amide bonds. The highest BCUT2D eigenvalue weighted by molar-refractivity contribution is 6.29. The van der Waals surface area contributed by atoms with E-state index in [9.17, 15) is 14.0 Å². The minimum absolute atomic E-state index is 0.226. The van der Waals surface area contributed by atoms with Crippen molar-refractivity contribution in [3.8, 4) is 0 Å². The highest BCUT2D eigenvalue weighted by Crippen LogP contribution is 2.09. The van der Waals surface area contributed by atoms with Crippen LogP contribution in [0, 0.1) is 11.7 Å². The van der Waals surface area contributed by atoms with Gasteiger partial charge in [0.05, 0.1) is 0 Å². The van der Waals surface area contributed by atoms with Crippen molar-refractivity contribution in [2.24, 2.45) is 5.92 Å². The van der Waals surface area contributed by atoms with Crippen LogP contribution in [0.3, 0.4) is 0 Å². The zero-order valence-electron chi connectivity index (χ0n) is 11.3. The number of halogens is 2. The molecule has 0 saturated carbocycles. The van der Waals surface area contributed by atoms with Crippen LogP contribution in [0.15, 0.2) is 9.59 Å². The summed E-state index contributed by atoms with van der Waals surface area (Å²) in [5, 5.41) is -0.525. The number of hydrogen-bond acceptors (Lipinski definition) is 2. The number of aromatic nitrogens is 2. The first-order valence-corrected chi connectivity index (χ1v) is 6.99. The van der Waals surface area contributed by atoms with Gasteiger partial charge in [-0.05, 0) is 12.3 Å². The minimum atomic E-state index is -1.10. The fraction of sp³-hybridized carbons (Fsp3) is 0.692. The van der Waals surface area contributed by atoms with Crippen LogP contribution in [0.5, 0.6) is 0 Å². The Hall–Kier alpha value is -1.10. The van der Waals surface area contributed by atoms with Crippen molar-refractivity contribution >= 4 is 11.6 Å². The summed E-state index contributed by atoms with van der Waals surface area (Å²) in [4.78, 5) is 25.1. The number of rotatable bonds is 7. The number of aromatic amines is 1. The molecule has 0 fully saturated rings. The van der Waals surface area contributed by atoms with Crippen molar-refractivity contribution in [1.82, 2.24) is 9.55 Å². The van der Waals surface area contributed by atoms with E-state index in [1.54, 1.807) is 0 Å². The second kappa shape index (κ2) is 7.48. The lowest BCUT2D eigenvalue weighted by molar-refractivity contribution is 0.485. The number of nitrogens with one attached hydrogen (secondary N) is 1. The Morgan fingerprint density at radius 1 is 1.21 bits per heavy atom. The van der Waals surface area contributed by atoms with Crippen LogP contribution in [-0.4, -0.2) is 9.55 Å². The maximum Gasteiger partial charge on any atom is 0.329 e. The van der Waals surface area contributed by atoms with Gasteiger partial charge in [0.2, 0.25) is 5.82 Å². The maximum atomic E-state index is 13.3. The second-order valence-corrected chi connectivity index (χ2v) is 5.49. The number of H-pyrrole nitrogens is 1. The Morgan fingerprint density at radius 2 is 1.84 bits per heavy atom. The third-order valence-electron chi connectivity index (χ3n) is 3.00. The predicted molar refractivity (Wildman–Crippen MR) is 74.2 cm³/mol. The summed E-state index contributed by atoms with van der Waals surface area (Å²) in [6.45, 7) is 4.58. The Bertz CT molecular complexity index is 522. The molecule has 1 rings (SSSR count). The monoisotopic (exact) mass is 290 g/mol. The Balaban J connectivity index is 2.49. The number of nitrogens with zero attached hydrogens (tertiary/aromatic N) is 1. The smallest absolute Gasteiger partial charge is 0.295 e. The van der Waals surface area contributed by atoms with E-state index in [1.165, 1.54) is 6.42 Å². The molecule has 19 heavy (non-hydrogen) atoms. The van der Waals surface area contributed by atoms with E-state index >= 15 is 0 Å². The normalized spacial score (nSPS) is 11.2. The lowest BCUT2D eigenvalue weighted by Crippen LogP contribution is -2.37. The van der Waals surface area contributed by atoms with Crippen molar-refractivity contribution in [3.63, 3.8) is 0 Å². The minimum Gasteiger partial charge on any atom is -0.295 e. The molecule has 4 nitrogen and oxygen atoms in total. The van der Waals surface area contributed by atoms with Crippen LogP contribution >= 0.6 is 11.6 Å². The molecule has 0 unspecified atom stereocenters. The summed E-state index contributed by atoms with van der Waals surface area (Å²) < 4.78 is 14.1. The van der Waals surface area contributed by atoms with E-state index in [0.29, 0.717) is 12.3 Å². The molecule has 0 aliphatic rings. The Labute approximate surface area is 116 Å². The zero-order chi connectivity index (χ0) is 14.4. The lowest BCUT2D eigenvalue weighted by atomic mass is 10.0. The molecule has 1 N–H and O–H groups in total. The van der Waals surface area contributed by atoms with E-state index in [4.69, 9.17) is 11.6 Å². The van der Waals surface area contributed by atoms with Crippen LogP contribution in [-0.2, 0) is 6.54 Å². The fourth-order valence-corrected chi connectivity index (χ4v) is 2.06. The third kappa shape index (κ3) is 4.82. The van der Waals surface area contributed by atoms with Gasteiger partial charge in [-0.2, -0.15) is 4.39 Å². The van der Waals surface area contributed by atoms with Crippen molar-refractivity contribution in [2.45, 2.75) is 52.5 Å². The quantitative estimate of drug-likeness (QED) is 0.620. The lowest BCUT2D eigenvalue weighted by Gasteiger charge is -2.06. The molecule has 0 aliphatic carbocycles. The second-order valence-electron chi connectivity index (χ2n) is 5.11. The van der Waals surface area contributed by atoms with Gasteiger partial charge in [-0.3, -0.25) is 14.3 Å². The average Bonchev–Trinajstić information content (AvgIpc) is 2.34. The van der Waals surface area contributed by atoms with E-state index in [0.717, 1.165) is 23.8 Å². The third-order valence-corrected chi connectivity index (χ3v) is 3.26. The summed E-state index contributed by atoms with van der Waals surface area (Å²) in [6.07, 6.45) is 4.97. The van der Waals surface area contributed by atoms with Crippen molar-refractivity contribution < 1.29 is 4.39 Å². The first-order valence-electron chi connectivity index (χ1n) is 6.61. The van der Waals surface area contributed by atoms with Crippen LogP contribution in [0.25, 0.3) is 0 Å². The van der Waals surface area contributed by atoms with Crippen LogP contribution < -0.4 is 11.2 Å². The first kappa shape index (κ1) is 16.0. The molecule has 1 aromatic rings. The van der Waals surface area contributed by atoms with Crippen LogP contribution in [0.1, 0.15) is 46.0 Å². The Kier molecular flexibility index (Phi) is 6.28. The van der Waals surface area contributed by atoms with Gasteiger partial charge in [-0.1, -0.05) is 51.1 Å². The highest BCUT2D eigenvalue weighted by Gasteiger charge is 2.11. The molecule has 1 aromatic heterocycles. The topological polar surface area (TPSA) is 54.9 Å². The summed E-state index contributed by atoms with van der Waals surface area (Å²) in [7, 11) is 0. The Morgan fingerprint density at radius 3 is 2.47 bits per heavy atom. The molecule has 6 heteroatoms. The number of hydrogen-bond donors (Lipinski definition) is 1. The molecule has 0 atom stereocenters. The molecule has 0 bridgehead atoms. The molecular weight excluding hydrogens is 271 g/mol. The zero-order valence-corrected chi connectivity index (χ0v) is 12.1. The van der Waals surface area contributed by atoms with Crippen molar-refractivity contribution in [3.05, 3.63) is 31.8 Å². The SMILES string of the molecule is CC(C)CCCCCCn1c(=O)[nH]c(Cl)c(F)c1=O. The average molecular weight is 291 g/mol. The summed E-state index contributed by atoms with van der Waals surface area (Å²) in [5.41, 5.74) is -1.60. The van der Waals surface area contributed by atoms with Gasteiger partial charge in [0.25, 0.3) is 5.56 Å². The maximum absolute atomic E-state index is 13.3. The summed E-state index contributed by atoms with van der Waals surface area (Å²) in [5.74, 6) is -0.406. The van der Waals surface area contributed by atoms with E-state index in [2.05, 4.69) is 18.8 Å². The van der Waals surface area contributed by atoms with Gasteiger partial charge in [-0.25, -0.2) is 4.79 Å². The van der Waals surface area contributed by atoms with Gasteiger partial charge >= 0.3 is 5.69 Å². The van der Waals surface area contributed by atoms with Gasteiger partial charge in [0.1, 0.15) is 0 Å². The van der Waals surface area contributed by atoms with E-state index < -0.39 is 22.2 Å². The first-order chi connectivity index (χ1) is 8.93. The van der Waals surface area contributed by atoms with Gasteiger partial charge in [0.15, 0.2) is 5.15 Å². The molecule has 0 aliphatic heterocycles. The molecular formula is C13H20ClFN2O2. The highest BCUT2D eigenvalue weighted by atomic mass is 35.5.